The summed E-state index contributed by atoms with van der Waals surface area (Å²) in [5.74, 6) is 0.181. The van der Waals surface area contributed by atoms with E-state index in [-0.39, 0.29) is 17.7 Å². The molecule has 2 rings (SSSR count). The van der Waals surface area contributed by atoms with Crippen LogP contribution in [0.15, 0.2) is 48.5 Å². The van der Waals surface area contributed by atoms with Gasteiger partial charge in [0.1, 0.15) is 5.82 Å². The van der Waals surface area contributed by atoms with Crippen LogP contribution in [0.1, 0.15) is 35.3 Å². The van der Waals surface area contributed by atoms with E-state index in [1.165, 1.54) is 12.1 Å². The summed E-state index contributed by atoms with van der Waals surface area (Å²) in [6, 6.07) is 13.7. The third-order valence-corrected chi connectivity index (χ3v) is 5.30. The van der Waals surface area contributed by atoms with Crippen molar-refractivity contribution in [1.82, 2.24) is 0 Å². The summed E-state index contributed by atoms with van der Waals surface area (Å²) < 4.78 is 25.5. The van der Waals surface area contributed by atoms with Gasteiger partial charge in [-0.1, -0.05) is 43.3 Å². The average molecular weight is 306 g/mol. The monoisotopic (exact) mass is 306 g/mol. The Hall–Kier alpha value is -1.52. The Morgan fingerprint density at radius 3 is 2.14 bits per heavy atom. The number of hydrogen-bond acceptors (Lipinski definition) is 2. The van der Waals surface area contributed by atoms with Gasteiger partial charge >= 0.3 is 0 Å². The molecule has 0 saturated carbocycles. The van der Waals surface area contributed by atoms with E-state index in [4.69, 9.17) is 5.11 Å². The molecule has 2 unspecified atom stereocenters. The molecular weight excluding hydrogens is 287 g/mol. The minimum absolute atomic E-state index is 0.0105. The first-order valence-corrected chi connectivity index (χ1v) is 8.33. The van der Waals surface area contributed by atoms with Gasteiger partial charge in [0, 0.05) is 16.6 Å². The van der Waals surface area contributed by atoms with E-state index in [1.807, 2.05) is 31.2 Å². The van der Waals surface area contributed by atoms with E-state index >= 15 is 0 Å². The van der Waals surface area contributed by atoms with Crippen LogP contribution in [-0.2, 0) is 23.2 Å². The summed E-state index contributed by atoms with van der Waals surface area (Å²) in [6.07, 6.45) is 0.743. The maximum Gasteiger partial charge on any atom is 0.123 e. The van der Waals surface area contributed by atoms with Crippen molar-refractivity contribution < 1.29 is 13.7 Å². The zero-order valence-electron chi connectivity index (χ0n) is 12.0. The molecule has 112 valence electrons. The molecule has 0 aliphatic rings. The second-order valence-electron chi connectivity index (χ2n) is 4.95. The van der Waals surface area contributed by atoms with Gasteiger partial charge in [-0.3, -0.25) is 4.21 Å². The zero-order chi connectivity index (χ0) is 15.2. The predicted molar refractivity (Wildman–Crippen MR) is 83.6 cm³/mol. The van der Waals surface area contributed by atoms with Gasteiger partial charge in [0.2, 0.25) is 0 Å². The fourth-order valence-electron chi connectivity index (χ4n) is 2.26. The fraction of sp³-hybridized carbons (Fsp3) is 0.294. The Morgan fingerprint density at radius 1 is 1.05 bits per heavy atom. The van der Waals surface area contributed by atoms with Crippen molar-refractivity contribution in [2.75, 3.05) is 0 Å². The third kappa shape index (κ3) is 4.22. The molecule has 0 aliphatic heterocycles. The van der Waals surface area contributed by atoms with Crippen molar-refractivity contribution in [2.45, 2.75) is 31.0 Å². The highest BCUT2D eigenvalue weighted by Gasteiger charge is 2.17. The van der Waals surface area contributed by atoms with Gasteiger partial charge in [0.25, 0.3) is 0 Å². The molecule has 2 aromatic carbocycles. The number of benzene rings is 2. The Labute approximate surface area is 127 Å². The second kappa shape index (κ2) is 7.48. The summed E-state index contributed by atoms with van der Waals surface area (Å²) in [5, 5.41) is 8.92. The van der Waals surface area contributed by atoms with Crippen LogP contribution in [0, 0.1) is 5.82 Å². The van der Waals surface area contributed by atoms with Crippen LogP contribution < -0.4 is 0 Å². The summed E-state index contributed by atoms with van der Waals surface area (Å²) in [5.41, 5.74) is 2.73. The molecule has 0 bridgehead atoms. The van der Waals surface area contributed by atoms with Crippen LogP contribution in [-0.4, -0.2) is 9.32 Å². The SMILES string of the molecule is CCC(c1ccc(F)cc1)S(=O)Cc1ccc(CO)cc1. The normalized spacial score (nSPS) is 13.9. The molecule has 1 N–H and O–H groups in total. The van der Waals surface area contributed by atoms with Crippen molar-refractivity contribution in [3.63, 3.8) is 0 Å². The molecule has 2 nitrogen and oxygen atoms in total. The van der Waals surface area contributed by atoms with Gasteiger partial charge in [0.15, 0.2) is 0 Å². The minimum Gasteiger partial charge on any atom is -0.392 e. The Morgan fingerprint density at radius 2 is 1.62 bits per heavy atom. The molecule has 0 spiro atoms. The lowest BCUT2D eigenvalue weighted by molar-refractivity contribution is 0.282. The summed E-state index contributed by atoms with van der Waals surface area (Å²) >= 11 is 0. The maximum atomic E-state index is 13.0. The van der Waals surface area contributed by atoms with Crippen molar-refractivity contribution in [3.8, 4) is 0 Å². The lowest BCUT2D eigenvalue weighted by Gasteiger charge is -2.15. The van der Waals surface area contributed by atoms with Crippen LogP contribution >= 0.6 is 0 Å². The number of rotatable bonds is 6. The van der Waals surface area contributed by atoms with E-state index in [2.05, 4.69) is 0 Å². The first-order valence-electron chi connectivity index (χ1n) is 6.95. The van der Waals surface area contributed by atoms with Crippen molar-refractivity contribution >= 4 is 10.8 Å². The molecule has 0 amide bonds. The molecule has 21 heavy (non-hydrogen) atoms. The van der Waals surface area contributed by atoms with Gasteiger partial charge < -0.3 is 5.11 Å². The first kappa shape index (κ1) is 15.9. The number of aliphatic hydroxyl groups excluding tert-OH is 1. The standard InChI is InChI=1S/C17H19FO2S/c1-2-17(15-7-9-16(18)10-8-15)21(20)12-14-5-3-13(11-19)4-6-14/h3-10,17,19H,2,11-12H2,1H3. The van der Waals surface area contributed by atoms with Crippen LogP contribution in [0.4, 0.5) is 4.39 Å². The Kier molecular flexibility index (Phi) is 5.65. The van der Waals surface area contributed by atoms with Gasteiger partial charge in [-0.25, -0.2) is 4.39 Å². The topological polar surface area (TPSA) is 37.3 Å². The predicted octanol–water partition coefficient (Wildman–Crippen LogP) is 3.72. The van der Waals surface area contributed by atoms with Crippen LogP contribution in [0.3, 0.4) is 0 Å². The molecule has 0 radical (unpaired) electrons. The molecule has 2 aromatic rings. The van der Waals surface area contributed by atoms with E-state index < -0.39 is 10.8 Å². The highest BCUT2D eigenvalue weighted by molar-refractivity contribution is 7.84. The van der Waals surface area contributed by atoms with Crippen LogP contribution in [0.5, 0.6) is 0 Å². The first-order chi connectivity index (χ1) is 10.1. The lowest BCUT2D eigenvalue weighted by Crippen LogP contribution is -2.08. The van der Waals surface area contributed by atoms with Crippen LogP contribution in [0.2, 0.25) is 0 Å². The molecule has 4 heteroatoms. The summed E-state index contributed by atoms with van der Waals surface area (Å²) in [7, 11) is -1.06. The highest BCUT2D eigenvalue weighted by atomic mass is 32.2. The largest absolute Gasteiger partial charge is 0.392 e. The zero-order valence-corrected chi connectivity index (χ0v) is 12.8. The van der Waals surface area contributed by atoms with Gasteiger partial charge in [-0.2, -0.15) is 0 Å². The van der Waals surface area contributed by atoms with Gasteiger partial charge in [0.05, 0.1) is 11.9 Å². The molecular formula is C17H19FO2S. The number of aliphatic hydroxyl groups is 1. The molecule has 2 atom stereocenters. The van der Waals surface area contributed by atoms with E-state index in [1.54, 1.807) is 12.1 Å². The molecule has 0 fully saturated rings. The van der Waals surface area contributed by atoms with Crippen molar-refractivity contribution in [2.24, 2.45) is 0 Å². The van der Waals surface area contributed by atoms with Gasteiger partial charge in [-0.05, 0) is 35.2 Å². The Bertz CT molecular complexity index is 593. The molecule has 0 saturated heterocycles. The lowest BCUT2D eigenvalue weighted by atomic mass is 10.1. The summed E-state index contributed by atoms with van der Waals surface area (Å²) in [6.45, 7) is 2.00. The van der Waals surface area contributed by atoms with E-state index in [0.717, 1.165) is 23.1 Å². The van der Waals surface area contributed by atoms with Gasteiger partial charge in [-0.15, -0.1) is 0 Å². The van der Waals surface area contributed by atoms with E-state index in [9.17, 15) is 8.60 Å². The smallest absolute Gasteiger partial charge is 0.123 e. The van der Waals surface area contributed by atoms with Crippen molar-refractivity contribution in [3.05, 3.63) is 71.0 Å². The number of hydrogen-bond donors (Lipinski definition) is 1. The second-order valence-corrected chi connectivity index (χ2v) is 6.57. The quantitative estimate of drug-likeness (QED) is 0.883. The Balaban J connectivity index is 2.10. The van der Waals surface area contributed by atoms with Crippen molar-refractivity contribution in [1.29, 1.82) is 0 Å². The molecule has 0 aromatic heterocycles. The minimum atomic E-state index is -1.06. The molecule has 0 heterocycles. The third-order valence-electron chi connectivity index (χ3n) is 3.44. The molecule has 0 aliphatic carbocycles. The highest BCUT2D eigenvalue weighted by Crippen LogP contribution is 2.26. The maximum absolute atomic E-state index is 13.0. The fourth-order valence-corrected chi connectivity index (χ4v) is 3.81. The number of halogens is 1. The summed E-state index contributed by atoms with van der Waals surface area (Å²) in [4.78, 5) is 0. The van der Waals surface area contributed by atoms with Crippen LogP contribution in [0.25, 0.3) is 0 Å². The van der Waals surface area contributed by atoms with E-state index in [0.29, 0.717) is 5.75 Å². The average Bonchev–Trinajstić information content (AvgIpc) is 2.50.